The van der Waals surface area contributed by atoms with Crippen LogP contribution in [0.1, 0.15) is 21.1 Å². The van der Waals surface area contributed by atoms with E-state index in [0.717, 1.165) is 27.2 Å². The highest BCUT2D eigenvalue weighted by molar-refractivity contribution is 7.09. The molecular weight excluding hydrogens is 403 g/mol. The first kappa shape index (κ1) is 18.0. The second kappa shape index (κ2) is 7.35. The maximum atomic E-state index is 12.5. The van der Waals surface area contributed by atoms with E-state index in [2.05, 4.69) is 10.3 Å². The van der Waals surface area contributed by atoms with Crippen molar-refractivity contribution in [3.05, 3.63) is 74.2 Å². The maximum Gasteiger partial charge on any atom is 0.287 e. The standard InChI is InChI=1S/C20H14Cl2N2O2S/c1-11-15-8-14(22)6-7-17(15)26-19(11)20(25)23-9-18-24-16(10-27-18)12-2-4-13(21)5-3-12/h2-8,10H,9H2,1H3,(H,23,25). The van der Waals surface area contributed by atoms with E-state index in [0.29, 0.717) is 27.9 Å². The van der Waals surface area contributed by atoms with Crippen LogP contribution in [0.15, 0.2) is 52.3 Å². The molecule has 0 saturated heterocycles. The van der Waals surface area contributed by atoms with Crippen molar-refractivity contribution < 1.29 is 9.21 Å². The van der Waals surface area contributed by atoms with Crippen LogP contribution in [0.25, 0.3) is 22.2 Å². The van der Waals surface area contributed by atoms with Gasteiger partial charge < -0.3 is 9.73 Å². The molecule has 2 heterocycles. The fourth-order valence-electron chi connectivity index (χ4n) is 2.79. The molecule has 1 amide bonds. The van der Waals surface area contributed by atoms with Crippen LogP contribution in [0.4, 0.5) is 0 Å². The Balaban J connectivity index is 1.48. The van der Waals surface area contributed by atoms with Gasteiger partial charge in [0.15, 0.2) is 5.76 Å². The number of furan rings is 1. The van der Waals surface area contributed by atoms with Crippen LogP contribution < -0.4 is 5.32 Å². The smallest absolute Gasteiger partial charge is 0.287 e. The number of aromatic nitrogens is 1. The molecule has 0 aliphatic carbocycles. The first-order chi connectivity index (χ1) is 13.0. The molecule has 0 unspecified atom stereocenters. The molecule has 0 aliphatic heterocycles. The van der Waals surface area contributed by atoms with Crippen molar-refractivity contribution in [1.82, 2.24) is 10.3 Å². The van der Waals surface area contributed by atoms with Crippen molar-refractivity contribution >= 4 is 51.4 Å². The monoisotopic (exact) mass is 416 g/mol. The van der Waals surface area contributed by atoms with Gasteiger partial charge in [0.2, 0.25) is 0 Å². The van der Waals surface area contributed by atoms with Crippen LogP contribution in [-0.4, -0.2) is 10.9 Å². The van der Waals surface area contributed by atoms with Gasteiger partial charge in [-0.05, 0) is 37.3 Å². The van der Waals surface area contributed by atoms with E-state index in [1.165, 1.54) is 11.3 Å². The highest BCUT2D eigenvalue weighted by atomic mass is 35.5. The molecule has 7 heteroatoms. The largest absolute Gasteiger partial charge is 0.451 e. The van der Waals surface area contributed by atoms with E-state index in [4.69, 9.17) is 27.6 Å². The van der Waals surface area contributed by atoms with Gasteiger partial charge in [-0.25, -0.2) is 4.98 Å². The quantitative estimate of drug-likeness (QED) is 0.437. The molecule has 1 N–H and O–H groups in total. The zero-order chi connectivity index (χ0) is 19.0. The summed E-state index contributed by atoms with van der Waals surface area (Å²) in [4.78, 5) is 17.1. The summed E-state index contributed by atoms with van der Waals surface area (Å²) in [5.41, 5.74) is 3.25. The average Bonchev–Trinajstić information content (AvgIpc) is 3.26. The fraction of sp³-hybridized carbons (Fsp3) is 0.100. The third-order valence-corrected chi connectivity index (χ3v) is 5.53. The van der Waals surface area contributed by atoms with Gasteiger partial charge in [-0.15, -0.1) is 11.3 Å². The van der Waals surface area contributed by atoms with Crippen LogP contribution in [0.2, 0.25) is 10.0 Å². The highest BCUT2D eigenvalue weighted by Gasteiger charge is 2.18. The number of hydrogen-bond donors (Lipinski definition) is 1. The van der Waals surface area contributed by atoms with Crippen molar-refractivity contribution in [2.45, 2.75) is 13.5 Å². The summed E-state index contributed by atoms with van der Waals surface area (Å²) >= 11 is 13.4. The number of rotatable bonds is 4. The summed E-state index contributed by atoms with van der Waals surface area (Å²) < 4.78 is 5.69. The molecule has 27 heavy (non-hydrogen) atoms. The molecule has 0 radical (unpaired) electrons. The second-order valence-corrected chi connectivity index (χ2v) is 7.83. The molecule has 4 nitrogen and oxygen atoms in total. The maximum absolute atomic E-state index is 12.5. The number of aryl methyl sites for hydroxylation is 1. The number of carbonyl (C=O) groups excluding carboxylic acids is 1. The minimum atomic E-state index is -0.275. The summed E-state index contributed by atoms with van der Waals surface area (Å²) in [5.74, 6) is 0.0183. The molecule has 0 atom stereocenters. The lowest BCUT2D eigenvalue weighted by Gasteiger charge is -2.01. The van der Waals surface area contributed by atoms with Gasteiger partial charge >= 0.3 is 0 Å². The average molecular weight is 417 g/mol. The van der Waals surface area contributed by atoms with Gasteiger partial charge in [-0.1, -0.05) is 35.3 Å². The van der Waals surface area contributed by atoms with E-state index in [-0.39, 0.29) is 5.91 Å². The van der Waals surface area contributed by atoms with Crippen LogP contribution >= 0.6 is 34.5 Å². The van der Waals surface area contributed by atoms with E-state index in [1.807, 2.05) is 36.6 Å². The molecule has 2 aromatic carbocycles. The lowest BCUT2D eigenvalue weighted by molar-refractivity contribution is 0.0924. The molecule has 4 aromatic rings. The lowest BCUT2D eigenvalue weighted by Crippen LogP contribution is -2.22. The number of nitrogens with zero attached hydrogens (tertiary/aromatic N) is 1. The van der Waals surface area contributed by atoms with Gasteiger partial charge in [-0.3, -0.25) is 4.79 Å². The summed E-state index contributed by atoms with van der Waals surface area (Å²) in [7, 11) is 0. The van der Waals surface area contributed by atoms with Crippen molar-refractivity contribution in [2.24, 2.45) is 0 Å². The summed E-state index contributed by atoms with van der Waals surface area (Å²) in [5, 5.41) is 7.77. The predicted molar refractivity (Wildman–Crippen MR) is 110 cm³/mol. The minimum absolute atomic E-state index is 0.275. The summed E-state index contributed by atoms with van der Waals surface area (Å²) in [6.45, 7) is 2.17. The molecule has 0 spiro atoms. The molecule has 0 aliphatic rings. The van der Waals surface area contributed by atoms with E-state index in [9.17, 15) is 4.79 Å². The molecule has 0 saturated carbocycles. The summed E-state index contributed by atoms with van der Waals surface area (Å²) in [6.07, 6.45) is 0. The number of carbonyl (C=O) groups is 1. The van der Waals surface area contributed by atoms with Crippen LogP contribution in [0.3, 0.4) is 0 Å². The minimum Gasteiger partial charge on any atom is -0.451 e. The molecule has 0 fully saturated rings. The number of amides is 1. The van der Waals surface area contributed by atoms with Crippen molar-refractivity contribution in [3.63, 3.8) is 0 Å². The molecule has 4 rings (SSSR count). The third kappa shape index (κ3) is 3.72. The van der Waals surface area contributed by atoms with Crippen molar-refractivity contribution in [1.29, 1.82) is 0 Å². The Morgan fingerprint density at radius 3 is 2.67 bits per heavy atom. The molecule has 136 valence electrons. The first-order valence-corrected chi connectivity index (χ1v) is 9.82. The Bertz CT molecular complexity index is 1130. The van der Waals surface area contributed by atoms with Gasteiger partial charge in [-0.2, -0.15) is 0 Å². The van der Waals surface area contributed by atoms with Gasteiger partial charge in [0.25, 0.3) is 5.91 Å². The highest BCUT2D eigenvalue weighted by Crippen LogP contribution is 2.28. The lowest BCUT2D eigenvalue weighted by atomic mass is 10.1. The van der Waals surface area contributed by atoms with E-state index >= 15 is 0 Å². The van der Waals surface area contributed by atoms with Crippen LogP contribution in [-0.2, 0) is 6.54 Å². The Morgan fingerprint density at radius 1 is 1.15 bits per heavy atom. The number of thiazole rings is 1. The summed E-state index contributed by atoms with van der Waals surface area (Å²) in [6, 6.07) is 12.8. The number of hydrogen-bond acceptors (Lipinski definition) is 4. The SMILES string of the molecule is Cc1c(C(=O)NCc2nc(-c3ccc(Cl)cc3)cs2)oc2ccc(Cl)cc12. The van der Waals surface area contributed by atoms with E-state index < -0.39 is 0 Å². The Labute approximate surface area is 169 Å². The van der Waals surface area contributed by atoms with Crippen LogP contribution in [0.5, 0.6) is 0 Å². The number of benzene rings is 2. The van der Waals surface area contributed by atoms with Crippen molar-refractivity contribution in [3.8, 4) is 11.3 Å². The molecule has 2 aromatic heterocycles. The predicted octanol–water partition coefficient (Wildman–Crippen LogP) is 6.10. The van der Waals surface area contributed by atoms with E-state index in [1.54, 1.807) is 18.2 Å². The first-order valence-electron chi connectivity index (χ1n) is 8.18. The number of fused-ring (bicyclic) bond motifs is 1. The zero-order valence-electron chi connectivity index (χ0n) is 14.3. The zero-order valence-corrected chi connectivity index (χ0v) is 16.6. The van der Waals surface area contributed by atoms with Gasteiger partial charge in [0.1, 0.15) is 10.6 Å². The Hall–Kier alpha value is -2.34. The number of halogens is 2. The topological polar surface area (TPSA) is 55.1 Å². The van der Waals surface area contributed by atoms with Crippen molar-refractivity contribution in [2.75, 3.05) is 0 Å². The van der Waals surface area contributed by atoms with Gasteiger partial charge in [0, 0.05) is 31.9 Å². The molecule has 0 bridgehead atoms. The van der Waals surface area contributed by atoms with Gasteiger partial charge in [0.05, 0.1) is 12.2 Å². The Kier molecular flexibility index (Phi) is 4.91. The second-order valence-electron chi connectivity index (χ2n) is 6.01. The normalized spacial score (nSPS) is 11.1. The molecular formula is C20H14Cl2N2O2S. The van der Waals surface area contributed by atoms with Crippen LogP contribution in [0, 0.1) is 6.92 Å². The number of nitrogens with one attached hydrogen (secondary N) is 1. The Morgan fingerprint density at radius 2 is 1.89 bits per heavy atom. The fourth-order valence-corrected chi connectivity index (χ4v) is 3.83. The third-order valence-electron chi connectivity index (χ3n) is 4.20.